The van der Waals surface area contributed by atoms with Gasteiger partial charge in [-0.3, -0.25) is 18.4 Å². The SMILES string of the molecule is CC(N)C(=O)C(C)(C)OP(=O)(O)C(C)(C)OP(=O)(O)O. The van der Waals surface area contributed by atoms with Gasteiger partial charge < -0.3 is 20.4 Å². The van der Waals surface area contributed by atoms with Gasteiger partial charge in [0.1, 0.15) is 5.60 Å². The fraction of sp³-hybridized carbons (Fsp3) is 0.889. The van der Waals surface area contributed by atoms with Crippen LogP contribution >= 0.6 is 15.4 Å². The molecule has 0 heterocycles. The van der Waals surface area contributed by atoms with Gasteiger partial charge in [-0.2, -0.15) is 0 Å². The Kier molecular flexibility index (Phi) is 5.91. The lowest BCUT2D eigenvalue weighted by Crippen LogP contribution is -2.45. The summed E-state index contributed by atoms with van der Waals surface area (Å²) in [7, 11) is -9.71. The van der Waals surface area contributed by atoms with Crippen molar-refractivity contribution in [3.05, 3.63) is 0 Å². The van der Waals surface area contributed by atoms with E-state index in [1.807, 2.05) is 0 Å². The summed E-state index contributed by atoms with van der Waals surface area (Å²) >= 11 is 0. The third kappa shape index (κ3) is 5.35. The van der Waals surface area contributed by atoms with Crippen LogP contribution in [0.15, 0.2) is 0 Å². The molecule has 0 aliphatic carbocycles. The van der Waals surface area contributed by atoms with Gasteiger partial charge in [-0.15, -0.1) is 0 Å². The Morgan fingerprint density at radius 3 is 1.80 bits per heavy atom. The second-order valence-corrected chi connectivity index (χ2v) is 8.77. The molecule has 0 saturated carbocycles. The smallest absolute Gasteiger partial charge is 0.322 e. The molecule has 120 valence electrons. The average molecular weight is 333 g/mol. The predicted molar refractivity (Wildman–Crippen MR) is 70.9 cm³/mol. The van der Waals surface area contributed by atoms with Crippen LogP contribution in [0.1, 0.15) is 34.6 Å². The summed E-state index contributed by atoms with van der Waals surface area (Å²) < 4.78 is 32.1. The van der Waals surface area contributed by atoms with Gasteiger partial charge in [0.25, 0.3) is 0 Å². The standard InChI is InChI=1S/C9H21NO8P2/c1-6(10)7(11)8(2,3)17-19(12,13)9(4,5)18-20(14,15)16/h6H,10H2,1-5H3,(H,12,13)(H2,14,15,16). The first-order valence-corrected chi connectivity index (χ1v) is 8.72. The zero-order valence-electron chi connectivity index (χ0n) is 11.9. The van der Waals surface area contributed by atoms with Gasteiger partial charge in [0, 0.05) is 0 Å². The third-order valence-electron chi connectivity index (χ3n) is 2.38. The van der Waals surface area contributed by atoms with Gasteiger partial charge in [0.05, 0.1) is 6.04 Å². The van der Waals surface area contributed by atoms with Crippen molar-refractivity contribution in [2.24, 2.45) is 5.73 Å². The molecule has 0 fully saturated rings. The number of Topliss-reactive ketones (excluding diaryl/α,β-unsaturated/α-hetero) is 1. The number of hydrogen-bond donors (Lipinski definition) is 4. The van der Waals surface area contributed by atoms with Crippen molar-refractivity contribution < 1.29 is 37.7 Å². The number of ketones is 1. The molecule has 0 aromatic heterocycles. The molecule has 0 aromatic carbocycles. The number of hydrogen-bond acceptors (Lipinski definition) is 6. The van der Waals surface area contributed by atoms with E-state index >= 15 is 0 Å². The van der Waals surface area contributed by atoms with Crippen LogP contribution in [-0.4, -0.2) is 37.4 Å². The molecule has 11 heteroatoms. The van der Waals surface area contributed by atoms with E-state index in [9.17, 15) is 18.8 Å². The first-order valence-electron chi connectivity index (χ1n) is 5.62. The maximum atomic E-state index is 12.1. The van der Waals surface area contributed by atoms with Crippen molar-refractivity contribution in [1.29, 1.82) is 0 Å². The van der Waals surface area contributed by atoms with Gasteiger partial charge >= 0.3 is 15.4 Å². The van der Waals surface area contributed by atoms with E-state index in [-0.39, 0.29) is 0 Å². The molecule has 0 rings (SSSR count). The van der Waals surface area contributed by atoms with Gasteiger partial charge in [0.15, 0.2) is 11.1 Å². The monoisotopic (exact) mass is 333 g/mol. The molecule has 9 nitrogen and oxygen atoms in total. The largest absolute Gasteiger partial charge is 0.470 e. The highest BCUT2D eigenvalue weighted by molar-refractivity contribution is 7.55. The maximum absolute atomic E-state index is 12.1. The molecule has 0 bridgehead atoms. The molecule has 0 aliphatic heterocycles. The number of carbonyl (C=O) groups excluding carboxylic acids is 1. The zero-order valence-corrected chi connectivity index (χ0v) is 13.7. The van der Waals surface area contributed by atoms with Gasteiger partial charge in [-0.05, 0) is 34.6 Å². The van der Waals surface area contributed by atoms with Crippen LogP contribution in [0.25, 0.3) is 0 Å². The van der Waals surface area contributed by atoms with Crippen LogP contribution in [-0.2, 0) is 23.0 Å². The minimum absolute atomic E-state index is 0.640. The number of carbonyl (C=O) groups is 1. The second-order valence-electron chi connectivity index (χ2n) is 5.30. The number of rotatable bonds is 7. The van der Waals surface area contributed by atoms with Gasteiger partial charge in [-0.25, -0.2) is 4.57 Å². The first-order chi connectivity index (χ1) is 8.52. The minimum Gasteiger partial charge on any atom is -0.322 e. The summed E-state index contributed by atoms with van der Waals surface area (Å²) in [5.41, 5.74) is 3.68. The molecule has 0 spiro atoms. The molecule has 20 heavy (non-hydrogen) atoms. The Labute approximate surface area is 117 Å². The summed E-state index contributed by atoms with van der Waals surface area (Å²) in [6, 6.07) is -0.934. The predicted octanol–water partition coefficient (Wildman–Crippen LogP) is 0.729. The second kappa shape index (κ2) is 5.94. The average Bonchev–Trinajstić information content (AvgIpc) is 2.10. The summed E-state index contributed by atoms with van der Waals surface area (Å²) in [6.45, 7) is 5.79. The number of phosphoric ester groups is 1. The van der Waals surface area contributed by atoms with Gasteiger partial charge in [0.2, 0.25) is 0 Å². The Morgan fingerprint density at radius 1 is 1.10 bits per heavy atom. The Morgan fingerprint density at radius 2 is 1.50 bits per heavy atom. The van der Waals surface area contributed by atoms with E-state index in [1.165, 1.54) is 20.8 Å². The molecule has 0 aromatic rings. The lowest BCUT2D eigenvalue weighted by atomic mass is 9.99. The van der Waals surface area contributed by atoms with E-state index in [1.54, 1.807) is 0 Å². The van der Waals surface area contributed by atoms with E-state index in [0.717, 1.165) is 13.8 Å². The van der Waals surface area contributed by atoms with Crippen LogP contribution in [0.2, 0.25) is 0 Å². The molecule has 2 unspecified atom stereocenters. The molecule has 5 N–H and O–H groups in total. The van der Waals surface area contributed by atoms with Crippen LogP contribution in [0, 0.1) is 0 Å². The van der Waals surface area contributed by atoms with Crippen molar-refractivity contribution in [3.63, 3.8) is 0 Å². The summed E-state index contributed by atoms with van der Waals surface area (Å²) in [5, 5.41) is -2.21. The summed E-state index contributed by atoms with van der Waals surface area (Å²) in [4.78, 5) is 39.1. The Hall–Kier alpha value is -0.110. The van der Waals surface area contributed by atoms with Crippen molar-refractivity contribution >= 4 is 21.2 Å². The fourth-order valence-electron chi connectivity index (χ4n) is 1.36. The van der Waals surface area contributed by atoms with Crippen LogP contribution in [0.5, 0.6) is 0 Å². The Balaban J connectivity index is 5.31. The lowest BCUT2D eigenvalue weighted by Gasteiger charge is -2.35. The van der Waals surface area contributed by atoms with Crippen LogP contribution < -0.4 is 5.73 Å². The van der Waals surface area contributed by atoms with Crippen LogP contribution in [0.4, 0.5) is 0 Å². The highest BCUT2D eigenvalue weighted by atomic mass is 31.2. The molecule has 0 amide bonds. The number of phosphoric acid groups is 1. The first kappa shape index (κ1) is 19.9. The van der Waals surface area contributed by atoms with Crippen LogP contribution in [0.3, 0.4) is 0 Å². The maximum Gasteiger partial charge on any atom is 0.470 e. The lowest BCUT2D eigenvalue weighted by molar-refractivity contribution is -0.133. The third-order valence-corrected chi connectivity index (χ3v) is 5.38. The normalized spacial score (nSPS) is 18.4. The minimum atomic E-state index is -5.01. The Bertz CT molecular complexity index is 467. The van der Waals surface area contributed by atoms with Crippen molar-refractivity contribution in [2.75, 3.05) is 0 Å². The summed E-state index contributed by atoms with van der Waals surface area (Å²) in [6.07, 6.45) is 0. The van der Waals surface area contributed by atoms with E-state index in [0.29, 0.717) is 0 Å². The van der Waals surface area contributed by atoms with Gasteiger partial charge in [-0.1, -0.05) is 0 Å². The van der Waals surface area contributed by atoms with E-state index in [4.69, 9.17) is 20.0 Å². The summed E-state index contributed by atoms with van der Waals surface area (Å²) in [5.74, 6) is -0.640. The molecule has 0 saturated heterocycles. The molecule has 0 aliphatic rings. The van der Waals surface area contributed by atoms with Crippen molar-refractivity contribution in [1.82, 2.24) is 0 Å². The topological polar surface area (TPSA) is 156 Å². The molecular formula is C9H21NO8P2. The quantitative estimate of drug-likeness (QED) is 0.493. The van der Waals surface area contributed by atoms with E-state index < -0.39 is 38.2 Å². The number of nitrogens with two attached hydrogens (primary N) is 1. The molecule has 0 radical (unpaired) electrons. The molecule has 2 atom stereocenters. The highest BCUT2D eigenvalue weighted by Crippen LogP contribution is 2.62. The van der Waals surface area contributed by atoms with Crippen molar-refractivity contribution in [3.8, 4) is 0 Å². The van der Waals surface area contributed by atoms with Crippen molar-refractivity contribution in [2.45, 2.75) is 51.6 Å². The highest BCUT2D eigenvalue weighted by Gasteiger charge is 2.50. The molecular weight excluding hydrogens is 312 g/mol. The van der Waals surface area contributed by atoms with E-state index in [2.05, 4.69) is 4.52 Å². The fourth-order valence-corrected chi connectivity index (χ4v) is 3.60. The zero-order chi connectivity index (χ0) is 16.6.